The second kappa shape index (κ2) is 5.77. The molecule has 2 N–H and O–H groups in total. The van der Waals surface area contributed by atoms with Gasteiger partial charge in [0.1, 0.15) is 5.76 Å². The predicted molar refractivity (Wildman–Crippen MR) is 54.8 cm³/mol. The van der Waals surface area contributed by atoms with Crippen molar-refractivity contribution in [3.05, 3.63) is 36.1 Å². The van der Waals surface area contributed by atoms with E-state index in [9.17, 15) is 14.7 Å². The molecule has 0 heterocycles. The third-order valence-electron chi connectivity index (χ3n) is 1.54. The fraction of sp³-hybridized carbons (Fsp3) is 0.200. The maximum atomic E-state index is 11.1. The summed E-state index contributed by atoms with van der Waals surface area (Å²) in [5.74, 6) is -1.42. The number of ketones is 1. The molecule has 1 amide bonds. The van der Waals surface area contributed by atoms with Gasteiger partial charge in [0.05, 0.1) is 12.7 Å². The molecule has 0 aliphatic carbocycles. The largest absolute Gasteiger partial charge is 0.507 e. The predicted octanol–water partition coefficient (Wildman–Crippen LogP) is 0.807. The number of hydroxylamine groups is 1. The third kappa shape index (κ3) is 4.24. The van der Waals surface area contributed by atoms with Crippen LogP contribution in [0.25, 0.3) is 0 Å². The van der Waals surface area contributed by atoms with Crippen LogP contribution in [-0.2, 0) is 14.4 Å². The Morgan fingerprint density at radius 3 is 2.33 bits per heavy atom. The molecule has 0 aromatic heterocycles. The van der Waals surface area contributed by atoms with Crippen LogP contribution in [0, 0.1) is 0 Å². The summed E-state index contributed by atoms with van der Waals surface area (Å²) >= 11 is 0. The molecule has 15 heavy (non-hydrogen) atoms. The number of hydrogen-bond donors (Lipinski definition) is 2. The number of aliphatic hydroxyl groups excluding tert-OH is 1. The van der Waals surface area contributed by atoms with Crippen LogP contribution in [0.2, 0.25) is 0 Å². The molecular weight excluding hydrogens is 198 g/mol. The first-order valence-electron chi connectivity index (χ1n) is 4.03. The van der Waals surface area contributed by atoms with Crippen molar-refractivity contribution >= 4 is 11.7 Å². The van der Waals surface area contributed by atoms with Gasteiger partial charge >= 0.3 is 0 Å². The lowest BCUT2D eigenvalue weighted by atomic mass is 10.1. The van der Waals surface area contributed by atoms with Gasteiger partial charge in [0.15, 0.2) is 5.78 Å². The Hall–Kier alpha value is -1.88. The van der Waals surface area contributed by atoms with Gasteiger partial charge in [-0.2, -0.15) is 0 Å². The van der Waals surface area contributed by atoms with Crippen molar-refractivity contribution in [2.75, 3.05) is 7.11 Å². The molecule has 0 aromatic carbocycles. The van der Waals surface area contributed by atoms with Crippen molar-refractivity contribution < 1.29 is 19.5 Å². The first kappa shape index (κ1) is 13.1. The van der Waals surface area contributed by atoms with Gasteiger partial charge in [-0.05, 0) is 13.0 Å². The standard InChI is InChI=1S/C10H13NO4/c1-6(8(3)12)5-9(13)7(2)10(14)11-15-4/h5,13H,1-2H2,3-4H3,(H,11,14)/b9-5+. The summed E-state index contributed by atoms with van der Waals surface area (Å²) in [5.41, 5.74) is 1.85. The number of hydrogen-bond acceptors (Lipinski definition) is 4. The van der Waals surface area contributed by atoms with E-state index >= 15 is 0 Å². The van der Waals surface area contributed by atoms with Crippen LogP contribution in [0.1, 0.15) is 6.92 Å². The summed E-state index contributed by atoms with van der Waals surface area (Å²) in [6, 6.07) is 0. The fourth-order valence-corrected chi connectivity index (χ4v) is 0.624. The van der Waals surface area contributed by atoms with Crippen LogP contribution in [0.15, 0.2) is 36.1 Å². The average molecular weight is 211 g/mol. The molecule has 0 atom stereocenters. The molecule has 0 radical (unpaired) electrons. The number of amides is 1. The van der Waals surface area contributed by atoms with Crippen molar-refractivity contribution in [3.63, 3.8) is 0 Å². The van der Waals surface area contributed by atoms with Gasteiger partial charge in [-0.15, -0.1) is 0 Å². The number of carbonyl (C=O) groups is 2. The molecule has 0 saturated carbocycles. The van der Waals surface area contributed by atoms with Gasteiger partial charge < -0.3 is 5.11 Å². The molecule has 5 heteroatoms. The smallest absolute Gasteiger partial charge is 0.277 e. The average Bonchev–Trinajstić information content (AvgIpc) is 2.16. The van der Waals surface area contributed by atoms with E-state index in [1.807, 2.05) is 5.48 Å². The van der Waals surface area contributed by atoms with E-state index in [0.29, 0.717) is 0 Å². The topological polar surface area (TPSA) is 75.6 Å². The molecule has 0 aliphatic heterocycles. The maximum absolute atomic E-state index is 11.1. The number of nitrogens with one attached hydrogen (secondary N) is 1. The van der Waals surface area contributed by atoms with Crippen LogP contribution < -0.4 is 5.48 Å². The van der Waals surface area contributed by atoms with Crippen molar-refractivity contribution in [1.29, 1.82) is 0 Å². The van der Waals surface area contributed by atoms with Crippen LogP contribution in [0.4, 0.5) is 0 Å². The lowest BCUT2D eigenvalue weighted by molar-refractivity contribution is -0.127. The number of allylic oxidation sites excluding steroid dienone is 2. The zero-order chi connectivity index (χ0) is 12.0. The van der Waals surface area contributed by atoms with Crippen molar-refractivity contribution in [2.24, 2.45) is 0 Å². The SMILES string of the molecule is C=C(/C=C(/O)C(=C)C(=O)NOC)C(C)=O. The van der Waals surface area contributed by atoms with E-state index in [1.165, 1.54) is 14.0 Å². The summed E-state index contributed by atoms with van der Waals surface area (Å²) in [6.45, 7) is 8.01. The zero-order valence-corrected chi connectivity index (χ0v) is 8.66. The minimum Gasteiger partial charge on any atom is -0.507 e. The molecule has 0 rings (SSSR count). The summed E-state index contributed by atoms with van der Waals surface area (Å²) < 4.78 is 0. The minimum atomic E-state index is -0.692. The summed E-state index contributed by atoms with van der Waals surface area (Å²) in [7, 11) is 1.25. The van der Waals surface area contributed by atoms with Gasteiger partial charge in [-0.1, -0.05) is 13.2 Å². The normalized spacial score (nSPS) is 10.7. The Morgan fingerprint density at radius 1 is 1.40 bits per heavy atom. The van der Waals surface area contributed by atoms with Crippen LogP contribution >= 0.6 is 0 Å². The Bertz CT molecular complexity index is 341. The number of Topliss-reactive ketones (excluding diaryl/α,β-unsaturated/α-hetero) is 1. The Morgan fingerprint density at radius 2 is 1.93 bits per heavy atom. The summed E-state index contributed by atoms with van der Waals surface area (Å²) in [6.07, 6.45) is 1.07. The van der Waals surface area contributed by atoms with Gasteiger partial charge in [0.25, 0.3) is 5.91 Å². The Balaban J connectivity index is 4.64. The highest BCUT2D eigenvalue weighted by molar-refractivity contribution is 5.98. The molecular formula is C10H13NO4. The second-order valence-corrected chi connectivity index (χ2v) is 2.72. The third-order valence-corrected chi connectivity index (χ3v) is 1.54. The number of carbonyl (C=O) groups excluding carboxylic acids is 2. The Labute approximate surface area is 87.7 Å². The highest BCUT2D eigenvalue weighted by Gasteiger charge is 2.11. The van der Waals surface area contributed by atoms with E-state index in [-0.39, 0.29) is 16.9 Å². The van der Waals surface area contributed by atoms with E-state index < -0.39 is 11.7 Å². The van der Waals surface area contributed by atoms with Crippen molar-refractivity contribution in [3.8, 4) is 0 Å². The molecule has 0 fully saturated rings. The molecule has 0 unspecified atom stereocenters. The highest BCUT2D eigenvalue weighted by atomic mass is 16.6. The molecule has 0 saturated heterocycles. The van der Waals surface area contributed by atoms with Gasteiger partial charge in [0.2, 0.25) is 0 Å². The molecule has 0 aliphatic rings. The fourth-order valence-electron chi connectivity index (χ4n) is 0.624. The molecule has 0 spiro atoms. The van der Waals surface area contributed by atoms with Crippen molar-refractivity contribution in [2.45, 2.75) is 6.92 Å². The first-order valence-corrected chi connectivity index (χ1v) is 4.03. The molecule has 0 bridgehead atoms. The van der Waals surface area contributed by atoms with E-state index in [4.69, 9.17) is 0 Å². The van der Waals surface area contributed by atoms with Crippen LogP contribution in [0.3, 0.4) is 0 Å². The molecule has 5 nitrogen and oxygen atoms in total. The molecule has 0 aromatic rings. The molecule has 82 valence electrons. The minimum absolute atomic E-state index is 0.0823. The van der Waals surface area contributed by atoms with Crippen LogP contribution in [-0.4, -0.2) is 23.9 Å². The second-order valence-electron chi connectivity index (χ2n) is 2.72. The highest BCUT2D eigenvalue weighted by Crippen LogP contribution is 2.07. The van der Waals surface area contributed by atoms with E-state index in [0.717, 1.165) is 6.08 Å². The van der Waals surface area contributed by atoms with E-state index in [2.05, 4.69) is 18.0 Å². The maximum Gasteiger partial charge on any atom is 0.277 e. The van der Waals surface area contributed by atoms with E-state index in [1.54, 1.807) is 0 Å². The summed E-state index contributed by atoms with van der Waals surface area (Å²) in [4.78, 5) is 26.2. The lowest BCUT2D eigenvalue weighted by Gasteiger charge is -2.04. The quantitative estimate of drug-likeness (QED) is 0.305. The number of aliphatic hydroxyl groups is 1. The summed E-state index contributed by atoms with van der Waals surface area (Å²) in [5, 5.41) is 9.37. The monoisotopic (exact) mass is 211 g/mol. The lowest BCUT2D eigenvalue weighted by Crippen LogP contribution is -2.24. The van der Waals surface area contributed by atoms with Gasteiger partial charge in [-0.3, -0.25) is 14.4 Å². The Kier molecular flexibility index (Phi) is 5.04. The van der Waals surface area contributed by atoms with Gasteiger partial charge in [-0.25, -0.2) is 5.48 Å². The van der Waals surface area contributed by atoms with Crippen molar-refractivity contribution in [1.82, 2.24) is 5.48 Å². The zero-order valence-electron chi connectivity index (χ0n) is 8.66. The first-order chi connectivity index (χ1) is 6.90. The number of rotatable bonds is 5. The van der Waals surface area contributed by atoms with Crippen LogP contribution in [0.5, 0.6) is 0 Å². The van der Waals surface area contributed by atoms with Gasteiger partial charge in [0, 0.05) is 5.57 Å².